The maximum Gasteiger partial charge on any atom is 0.331 e. The lowest BCUT2D eigenvalue weighted by atomic mass is 10.3. The molecule has 14 heavy (non-hydrogen) atoms. The third-order valence-electron chi connectivity index (χ3n) is 1.53. The average Bonchev–Trinajstić information content (AvgIpc) is 2.20. The summed E-state index contributed by atoms with van der Waals surface area (Å²) < 4.78 is 4.42. The number of carbonyl (C=O) groups excluding carboxylic acids is 1. The van der Waals surface area contributed by atoms with Gasteiger partial charge in [-0.2, -0.15) is 0 Å². The zero-order chi connectivity index (χ0) is 10.4. The molecule has 0 atom stereocenters. The molecule has 0 amide bonds. The number of methoxy groups -OCH3 is 1. The van der Waals surface area contributed by atoms with Gasteiger partial charge in [0.05, 0.1) is 17.8 Å². The van der Waals surface area contributed by atoms with Crippen molar-refractivity contribution in [2.45, 2.75) is 0 Å². The zero-order valence-corrected chi connectivity index (χ0v) is 8.41. The Morgan fingerprint density at radius 3 is 2.86 bits per heavy atom. The zero-order valence-electron chi connectivity index (χ0n) is 7.66. The van der Waals surface area contributed by atoms with Gasteiger partial charge in [-0.3, -0.25) is 0 Å². The summed E-state index contributed by atoms with van der Waals surface area (Å²) >= 11 is 5.86. The van der Waals surface area contributed by atoms with Gasteiger partial charge < -0.3 is 10.1 Å². The Kier molecular flexibility index (Phi) is 4.01. The minimum Gasteiger partial charge on any atom is -0.466 e. The molecule has 0 aromatic heterocycles. The van der Waals surface area contributed by atoms with Gasteiger partial charge in [0, 0.05) is 12.3 Å². The molecule has 4 heteroatoms. The average molecular weight is 212 g/mol. The molecule has 74 valence electrons. The molecule has 0 saturated carbocycles. The van der Waals surface area contributed by atoms with Gasteiger partial charge in [-0.15, -0.1) is 0 Å². The lowest BCUT2D eigenvalue weighted by Gasteiger charge is -2.01. The molecular weight excluding hydrogens is 202 g/mol. The van der Waals surface area contributed by atoms with Crippen LogP contribution in [0.25, 0.3) is 0 Å². The lowest BCUT2D eigenvalue weighted by Crippen LogP contribution is -1.96. The molecule has 0 saturated heterocycles. The van der Waals surface area contributed by atoms with Crippen molar-refractivity contribution in [2.24, 2.45) is 0 Å². The van der Waals surface area contributed by atoms with E-state index in [1.165, 1.54) is 19.4 Å². The number of carbonyl (C=O) groups is 1. The highest BCUT2D eigenvalue weighted by atomic mass is 35.5. The Hall–Kier alpha value is -1.48. The van der Waals surface area contributed by atoms with E-state index in [-0.39, 0.29) is 0 Å². The summed E-state index contributed by atoms with van der Waals surface area (Å²) in [5.41, 5.74) is 0.745. The van der Waals surface area contributed by atoms with Crippen molar-refractivity contribution in [1.82, 2.24) is 0 Å². The number of esters is 1. The number of hydrogen-bond donors (Lipinski definition) is 1. The lowest BCUT2D eigenvalue weighted by molar-refractivity contribution is -0.134. The summed E-state index contributed by atoms with van der Waals surface area (Å²) in [6.45, 7) is 0. The molecular formula is C10H10ClNO2. The summed E-state index contributed by atoms with van der Waals surface area (Å²) in [5.74, 6) is -0.412. The van der Waals surface area contributed by atoms with Gasteiger partial charge in [0.1, 0.15) is 0 Å². The van der Waals surface area contributed by atoms with Crippen LogP contribution in [0.1, 0.15) is 0 Å². The van der Waals surface area contributed by atoms with Gasteiger partial charge in [0.15, 0.2) is 0 Å². The van der Waals surface area contributed by atoms with E-state index in [2.05, 4.69) is 10.1 Å². The first-order valence-corrected chi connectivity index (χ1v) is 4.37. The van der Waals surface area contributed by atoms with Crippen molar-refractivity contribution >= 4 is 23.3 Å². The summed E-state index contributed by atoms with van der Waals surface area (Å²) in [4.78, 5) is 10.7. The van der Waals surface area contributed by atoms with Crippen LogP contribution in [-0.4, -0.2) is 13.1 Å². The van der Waals surface area contributed by atoms with E-state index in [0.717, 1.165) is 5.69 Å². The fourth-order valence-corrected chi connectivity index (χ4v) is 1.04. The van der Waals surface area contributed by atoms with Gasteiger partial charge >= 0.3 is 5.97 Å². The van der Waals surface area contributed by atoms with E-state index in [9.17, 15) is 4.79 Å². The van der Waals surface area contributed by atoms with Crippen LogP contribution in [0.4, 0.5) is 5.69 Å². The Balaban J connectivity index is 2.58. The molecule has 0 aliphatic heterocycles. The Morgan fingerprint density at radius 2 is 2.21 bits per heavy atom. The second kappa shape index (κ2) is 5.29. The topological polar surface area (TPSA) is 38.3 Å². The first-order valence-electron chi connectivity index (χ1n) is 3.99. The van der Waals surface area contributed by atoms with Crippen LogP contribution in [0.3, 0.4) is 0 Å². The number of rotatable bonds is 3. The molecule has 0 aliphatic carbocycles. The minimum absolute atomic E-state index is 0.412. The molecule has 0 heterocycles. The normalized spacial score (nSPS) is 10.1. The number of ether oxygens (including phenoxy) is 1. The van der Waals surface area contributed by atoms with Gasteiger partial charge in [0.2, 0.25) is 0 Å². The molecule has 3 nitrogen and oxygen atoms in total. The first kappa shape index (κ1) is 10.6. The molecule has 1 aromatic rings. The SMILES string of the molecule is COC(=O)/C=C/Nc1ccccc1Cl. The highest BCUT2D eigenvalue weighted by Gasteiger charge is 1.95. The maximum atomic E-state index is 10.7. The summed E-state index contributed by atoms with van der Waals surface area (Å²) in [5, 5.41) is 3.46. The van der Waals surface area contributed by atoms with Crippen LogP contribution in [0.2, 0.25) is 5.02 Å². The highest BCUT2D eigenvalue weighted by molar-refractivity contribution is 6.33. The quantitative estimate of drug-likeness (QED) is 0.617. The number of para-hydroxylation sites is 1. The Labute approximate surface area is 87.3 Å². The number of nitrogens with one attached hydrogen (secondary N) is 1. The van der Waals surface area contributed by atoms with E-state index in [1.807, 2.05) is 18.2 Å². The van der Waals surface area contributed by atoms with Gasteiger partial charge in [-0.1, -0.05) is 23.7 Å². The van der Waals surface area contributed by atoms with Crippen LogP contribution < -0.4 is 5.32 Å². The standard InChI is InChI=1S/C10H10ClNO2/c1-14-10(13)6-7-12-9-5-3-2-4-8(9)11/h2-7,12H,1H3/b7-6+. The molecule has 1 rings (SSSR count). The van der Waals surface area contributed by atoms with Crippen LogP contribution in [0, 0.1) is 0 Å². The van der Waals surface area contributed by atoms with Gasteiger partial charge in [0.25, 0.3) is 0 Å². The summed E-state index contributed by atoms with van der Waals surface area (Å²) in [6.07, 6.45) is 2.76. The predicted octanol–water partition coefficient (Wildman–Crippen LogP) is 2.44. The molecule has 0 radical (unpaired) electrons. The van der Waals surface area contributed by atoms with Gasteiger partial charge in [-0.05, 0) is 12.1 Å². The Morgan fingerprint density at radius 1 is 1.50 bits per heavy atom. The van der Waals surface area contributed by atoms with E-state index in [1.54, 1.807) is 6.07 Å². The fourth-order valence-electron chi connectivity index (χ4n) is 0.846. The predicted molar refractivity (Wildman–Crippen MR) is 56.2 cm³/mol. The molecule has 1 N–H and O–H groups in total. The highest BCUT2D eigenvalue weighted by Crippen LogP contribution is 2.19. The van der Waals surface area contributed by atoms with Crippen molar-refractivity contribution in [3.63, 3.8) is 0 Å². The monoisotopic (exact) mass is 211 g/mol. The molecule has 0 unspecified atom stereocenters. The molecule has 0 aliphatic rings. The van der Waals surface area contributed by atoms with Crippen molar-refractivity contribution in [3.8, 4) is 0 Å². The smallest absolute Gasteiger partial charge is 0.331 e. The minimum atomic E-state index is -0.412. The van der Waals surface area contributed by atoms with Crippen LogP contribution in [0.15, 0.2) is 36.5 Å². The van der Waals surface area contributed by atoms with Crippen molar-refractivity contribution < 1.29 is 9.53 Å². The summed E-state index contributed by atoms with van der Waals surface area (Å²) in [6, 6.07) is 7.25. The third-order valence-corrected chi connectivity index (χ3v) is 1.86. The summed E-state index contributed by atoms with van der Waals surface area (Å²) in [7, 11) is 1.32. The maximum absolute atomic E-state index is 10.7. The first-order chi connectivity index (χ1) is 6.74. The third kappa shape index (κ3) is 3.11. The van der Waals surface area contributed by atoms with E-state index < -0.39 is 5.97 Å². The van der Waals surface area contributed by atoms with E-state index in [0.29, 0.717) is 5.02 Å². The molecule has 1 aromatic carbocycles. The second-order valence-corrected chi connectivity index (χ2v) is 2.89. The molecule has 0 spiro atoms. The van der Waals surface area contributed by atoms with Crippen LogP contribution in [0.5, 0.6) is 0 Å². The van der Waals surface area contributed by atoms with E-state index >= 15 is 0 Å². The van der Waals surface area contributed by atoms with Crippen molar-refractivity contribution in [2.75, 3.05) is 12.4 Å². The van der Waals surface area contributed by atoms with E-state index in [4.69, 9.17) is 11.6 Å². The van der Waals surface area contributed by atoms with Crippen LogP contribution in [-0.2, 0) is 9.53 Å². The number of hydrogen-bond acceptors (Lipinski definition) is 3. The van der Waals surface area contributed by atoms with Crippen molar-refractivity contribution in [1.29, 1.82) is 0 Å². The fraction of sp³-hybridized carbons (Fsp3) is 0.100. The number of benzene rings is 1. The largest absolute Gasteiger partial charge is 0.466 e. The van der Waals surface area contributed by atoms with Crippen molar-refractivity contribution in [3.05, 3.63) is 41.6 Å². The second-order valence-electron chi connectivity index (χ2n) is 2.48. The van der Waals surface area contributed by atoms with Crippen LogP contribution >= 0.6 is 11.6 Å². The number of anilines is 1. The Bertz CT molecular complexity index is 350. The molecule has 0 fully saturated rings. The van der Waals surface area contributed by atoms with Gasteiger partial charge in [-0.25, -0.2) is 4.79 Å². The molecule has 0 bridgehead atoms. The number of halogens is 1.